The molecule has 6 nitrogen and oxygen atoms in total. The molecule has 0 bridgehead atoms. The summed E-state index contributed by atoms with van der Waals surface area (Å²) in [6.07, 6.45) is 1.60. The van der Waals surface area contributed by atoms with Gasteiger partial charge in [0.2, 0.25) is 5.76 Å². The lowest BCUT2D eigenvalue weighted by Gasteiger charge is -2.22. The number of aromatic hydroxyl groups is 1. The van der Waals surface area contributed by atoms with Gasteiger partial charge in [-0.15, -0.1) is 11.3 Å². The first-order valence-corrected chi connectivity index (χ1v) is 9.11. The molecule has 0 saturated heterocycles. The average molecular weight is 376 g/mol. The first-order chi connectivity index (χ1) is 13.1. The largest absolute Gasteiger partial charge is 0.508 e. The molecule has 1 aliphatic heterocycles. The summed E-state index contributed by atoms with van der Waals surface area (Å²) >= 11 is 1.30. The van der Waals surface area contributed by atoms with Crippen molar-refractivity contribution >= 4 is 33.3 Å². The average Bonchev–Trinajstić information content (AvgIpc) is 3.29. The van der Waals surface area contributed by atoms with E-state index in [1.165, 1.54) is 22.3 Å². The maximum absolute atomic E-state index is 13.2. The molecule has 132 valence electrons. The highest BCUT2D eigenvalue weighted by Crippen LogP contribution is 2.42. The molecule has 2 aromatic carbocycles. The fourth-order valence-corrected chi connectivity index (χ4v) is 4.13. The van der Waals surface area contributed by atoms with Gasteiger partial charge in [0.1, 0.15) is 11.3 Å². The first kappa shape index (κ1) is 15.8. The van der Waals surface area contributed by atoms with Crippen LogP contribution in [0.15, 0.2) is 69.3 Å². The number of rotatable bonds is 2. The van der Waals surface area contributed by atoms with E-state index in [-0.39, 0.29) is 22.5 Å². The molecule has 0 unspecified atom stereocenters. The van der Waals surface area contributed by atoms with Gasteiger partial charge < -0.3 is 9.52 Å². The van der Waals surface area contributed by atoms with E-state index in [1.807, 2.05) is 0 Å². The van der Waals surface area contributed by atoms with Gasteiger partial charge in [-0.3, -0.25) is 14.5 Å². The van der Waals surface area contributed by atoms with E-state index in [0.717, 1.165) is 0 Å². The number of fused-ring (bicyclic) bond motifs is 2. The highest BCUT2D eigenvalue weighted by atomic mass is 32.1. The Bertz CT molecular complexity index is 1250. The van der Waals surface area contributed by atoms with Crippen LogP contribution in [0.5, 0.6) is 5.75 Å². The Hall–Kier alpha value is -3.45. The van der Waals surface area contributed by atoms with Crippen LogP contribution in [-0.4, -0.2) is 16.0 Å². The Morgan fingerprint density at radius 3 is 2.74 bits per heavy atom. The Kier molecular flexibility index (Phi) is 3.38. The summed E-state index contributed by atoms with van der Waals surface area (Å²) in [7, 11) is 0. The lowest BCUT2D eigenvalue weighted by atomic mass is 9.98. The van der Waals surface area contributed by atoms with E-state index >= 15 is 0 Å². The van der Waals surface area contributed by atoms with Crippen LogP contribution in [0.2, 0.25) is 0 Å². The third-order valence-electron chi connectivity index (χ3n) is 4.59. The lowest BCUT2D eigenvalue weighted by molar-refractivity contribution is 0.0971. The number of carbonyl (C=O) groups excluding carboxylic acids is 1. The van der Waals surface area contributed by atoms with Crippen molar-refractivity contribution in [1.82, 2.24) is 4.98 Å². The zero-order chi connectivity index (χ0) is 18.5. The summed E-state index contributed by atoms with van der Waals surface area (Å²) < 4.78 is 5.83. The maximum atomic E-state index is 13.2. The molecule has 1 amide bonds. The summed E-state index contributed by atoms with van der Waals surface area (Å²) in [4.78, 5) is 32.1. The highest BCUT2D eigenvalue weighted by molar-refractivity contribution is 7.13. The summed E-state index contributed by atoms with van der Waals surface area (Å²) in [6, 6.07) is 12.7. The van der Waals surface area contributed by atoms with E-state index in [0.29, 0.717) is 21.7 Å². The Labute approximate surface area is 156 Å². The van der Waals surface area contributed by atoms with Crippen molar-refractivity contribution in [2.75, 3.05) is 4.90 Å². The minimum Gasteiger partial charge on any atom is -0.508 e. The number of carbonyl (C=O) groups is 1. The SMILES string of the molecule is O=C1c2oc3ccccc3c(=O)c2[C@@H](c2cccc(O)c2)N1c1nccs1. The minimum atomic E-state index is -0.716. The van der Waals surface area contributed by atoms with Crippen molar-refractivity contribution in [3.63, 3.8) is 0 Å². The molecule has 5 rings (SSSR count). The molecule has 0 saturated carbocycles. The lowest BCUT2D eigenvalue weighted by Crippen LogP contribution is -2.29. The van der Waals surface area contributed by atoms with Crippen LogP contribution < -0.4 is 10.3 Å². The van der Waals surface area contributed by atoms with Gasteiger partial charge in [-0.2, -0.15) is 0 Å². The fraction of sp³-hybridized carbons (Fsp3) is 0.0500. The molecule has 2 aromatic heterocycles. The number of phenols is 1. The smallest absolute Gasteiger partial charge is 0.297 e. The van der Waals surface area contributed by atoms with E-state index in [4.69, 9.17) is 4.42 Å². The number of hydrogen-bond donors (Lipinski definition) is 1. The molecule has 3 heterocycles. The second-order valence-electron chi connectivity index (χ2n) is 6.16. The Balaban J connectivity index is 1.85. The Morgan fingerprint density at radius 1 is 1.11 bits per heavy atom. The number of phenolic OH excluding ortho intramolecular Hbond substituents is 1. The maximum Gasteiger partial charge on any atom is 0.297 e. The van der Waals surface area contributed by atoms with E-state index in [1.54, 1.807) is 54.0 Å². The topological polar surface area (TPSA) is 83.6 Å². The molecule has 0 fully saturated rings. The van der Waals surface area contributed by atoms with E-state index < -0.39 is 11.9 Å². The summed E-state index contributed by atoms with van der Waals surface area (Å²) in [6.45, 7) is 0. The molecule has 0 spiro atoms. The van der Waals surface area contributed by atoms with Crippen LogP contribution in [0.3, 0.4) is 0 Å². The molecule has 7 heteroatoms. The number of amides is 1. The molecule has 27 heavy (non-hydrogen) atoms. The molecular formula is C20H12N2O4S. The number of benzene rings is 2. The van der Waals surface area contributed by atoms with Crippen molar-refractivity contribution in [3.05, 3.63) is 87.2 Å². The molecule has 1 N–H and O–H groups in total. The van der Waals surface area contributed by atoms with E-state index in [9.17, 15) is 14.7 Å². The Morgan fingerprint density at radius 2 is 1.96 bits per heavy atom. The monoisotopic (exact) mass is 376 g/mol. The molecular weight excluding hydrogens is 364 g/mol. The summed E-state index contributed by atoms with van der Waals surface area (Å²) in [5.41, 5.74) is 0.984. The van der Waals surface area contributed by atoms with Gasteiger partial charge in [0, 0.05) is 11.6 Å². The van der Waals surface area contributed by atoms with Crippen LogP contribution in [0, 0.1) is 0 Å². The van der Waals surface area contributed by atoms with Crippen molar-refractivity contribution in [1.29, 1.82) is 0 Å². The number of para-hydroxylation sites is 1. The second kappa shape index (κ2) is 5.78. The standard InChI is InChI=1S/C20H12N2O4S/c23-12-5-3-4-11(10-12)16-15-17(24)13-6-1-2-7-14(13)26-18(15)19(25)22(16)20-21-8-9-27-20/h1-10,16,23H/t16-/m1/s1. The molecule has 1 atom stereocenters. The third kappa shape index (κ3) is 2.29. The normalized spacial score (nSPS) is 16.1. The summed E-state index contributed by atoms with van der Waals surface area (Å²) in [5.74, 6) is -0.351. The predicted molar refractivity (Wildman–Crippen MR) is 101 cm³/mol. The van der Waals surface area contributed by atoms with Gasteiger partial charge in [0.05, 0.1) is 17.0 Å². The second-order valence-corrected chi connectivity index (χ2v) is 7.03. The third-order valence-corrected chi connectivity index (χ3v) is 5.36. The van der Waals surface area contributed by atoms with Gasteiger partial charge in [0.25, 0.3) is 5.91 Å². The van der Waals surface area contributed by atoms with Gasteiger partial charge in [-0.05, 0) is 29.8 Å². The van der Waals surface area contributed by atoms with Crippen LogP contribution >= 0.6 is 11.3 Å². The minimum absolute atomic E-state index is 0.0160. The quantitative estimate of drug-likeness (QED) is 0.577. The number of anilines is 1. The van der Waals surface area contributed by atoms with Crippen LogP contribution in [0.1, 0.15) is 27.7 Å². The number of aromatic nitrogens is 1. The molecule has 4 aromatic rings. The molecule has 1 aliphatic rings. The van der Waals surface area contributed by atoms with Crippen LogP contribution in [-0.2, 0) is 0 Å². The van der Waals surface area contributed by atoms with Crippen molar-refractivity contribution in [3.8, 4) is 5.75 Å². The number of thiazole rings is 1. The van der Waals surface area contributed by atoms with E-state index in [2.05, 4.69) is 4.98 Å². The number of hydrogen-bond acceptors (Lipinski definition) is 6. The van der Waals surface area contributed by atoms with Crippen molar-refractivity contribution in [2.45, 2.75) is 6.04 Å². The van der Waals surface area contributed by atoms with Gasteiger partial charge >= 0.3 is 0 Å². The van der Waals surface area contributed by atoms with Crippen LogP contribution in [0.25, 0.3) is 11.0 Å². The van der Waals surface area contributed by atoms with Crippen molar-refractivity contribution < 1.29 is 14.3 Å². The summed E-state index contributed by atoms with van der Waals surface area (Å²) in [5, 5.41) is 12.6. The fourth-order valence-electron chi connectivity index (χ4n) is 3.46. The van der Waals surface area contributed by atoms with Gasteiger partial charge in [0.15, 0.2) is 10.6 Å². The van der Waals surface area contributed by atoms with Gasteiger partial charge in [-0.1, -0.05) is 24.3 Å². The zero-order valence-corrected chi connectivity index (χ0v) is 14.6. The van der Waals surface area contributed by atoms with Gasteiger partial charge in [-0.25, -0.2) is 4.98 Å². The van der Waals surface area contributed by atoms with Crippen LogP contribution in [0.4, 0.5) is 5.13 Å². The zero-order valence-electron chi connectivity index (χ0n) is 13.8. The number of nitrogens with zero attached hydrogens (tertiary/aromatic N) is 2. The molecule has 0 aliphatic carbocycles. The molecule has 0 radical (unpaired) electrons. The highest BCUT2D eigenvalue weighted by Gasteiger charge is 2.44. The van der Waals surface area contributed by atoms with Crippen molar-refractivity contribution in [2.24, 2.45) is 0 Å². The first-order valence-electron chi connectivity index (χ1n) is 8.23. The predicted octanol–water partition coefficient (Wildman–Crippen LogP) is 3.70.